The number of nitrogens with one attached hydrogen (secondary N) is 1. The van der Waals surface area contributed by atoms with E-state index in [1.54, 1.807) is 19.1 Å². The van der Waals surface area contributed by atoms with E-state index < -0.39 is 10.0 Å². The Labute approximate surface area is 150 Å². The summed E-state index contributed by atoms with van der Waals surface area (Å²) in [6.07, 6.45) is 0. The number of amides is 1. The maximum Gasteiger partial charge on any atom is 0.243 e. The van der Waals surface area contributed by atoms with Gasteiger partial charge in [-0.25, -0.2) is 8.42 Å². The minimum absolute atomic E-state index is 0.135. The predicted octanol–water partition coefficient (Wildman–Crippen LogP) is 2.78. The SMILES string of the molecule is CCNC(=O)CN(Cc1ccccc1)S(=O)(=O)c1ccc(Br)cc1. The Bertz CT molecular complexity index is 777. The lowest BCUT2D eigenvalue weighted by molar-refractivity contribution is -0.121. The van der Waals surface area contributed by atoms with Crippen LogP contribution in [0.4, 0.5) is 0 Å². The lowest BCUT2D eigenvalue weighted by Gasteiger charge is -2.22. The van der Waals surface area contributed by atoms with Gasteiger partial charge in [0.2, 0.25) is 15.9 Å². The molecule has 0 aliphatic carbocycles. The molecular formula is C17H19BrN2O3S. The predicted molar refractivity (Wildman–Crippen MR) is 96.9 cm³/mol. The van der Waals surface area contributed by atoms with Crippen LogP contribution in [0.2, 0.25) is 0 Å². The van der Waals surface area contributed by atoms with Crippen molar-refractivity contribution in [2.75, 3.05) is 13.1 Å². The highest BCUT2D eigenvalue weighted by Gasteiger charge is 2.26. The van der Waals surface area contributed by atoms with Crippen molar-refractivity contribution in [1.29, 1.82) is 0 Å². The van der Waals surface area contributed by atoms with E-state index in [-0.39, 0.29) is 23.9 Å². The van der Waals surface area contributed by atoms with Gasteiger partial charge in [0.25, 0.3) is 0 Å². The molecule has 5 nitrogen and oxygen atoms in total. The van der Waals surface area contributed by atoms with E-state index in [2.05, 4.69) is 21.2 Å². The Kier molecular flexibility index (Phi) is 6.53. The zero-order valence-electron chi connectivity index (χ0n) is 13.3. The maximum atomic E-state index is 12.9. The van der Waals surface area contributed by atoms with Gasteiger partial charge in [-0.15, -0.1) is 0 Å². The summed E-state index contributed by atoms with van der Waals surface area (Å²) in [7, 11) is -3.78. The van der Waals surface area contributed by atoms with E-state index in [0.717, 1.165) is 10.0 Å². The number of nitrogens with zero attached hydrogens (tertiary/aromatic N) is 1. The lowest BCUT2D eigenvalue weighted by atomic mass is 10.2. The second-order valence-corrected chi connectivity index (χ2v) is 8.02. The number of sulfonamides is 1. The van der Waals surface area contributed by atoms with Gasteiger partial charge < -0.3 is 5.32 Å². The first-order chi connectivity index (χ1) is 11.4. The lowest BCUT2D eigenvalue weighted by Crippen LogP contribution is -2.40. The summed E-state index contributed by atoms with van der Waals surface area (Å²) in [5.74, 6) is -0.325. The molecular weight excluding hydrogens is 392 g/mol. The Hall–Kier alpha value is -1.70. The highest BCUT2D eigenvalue weighted by atomic mass is 79.9. The second-order valence-electron chi connectivity index (χ2n) is 5.17. The Morgan fingerprint density at radius 3 is 2.29 bits per heavy atom. The van der Waals surface area contributed by atoms with Crippen molar-refractivity contribution in [2.24, 2.45) is 0 Å². The standard InChI is InChI=1S/C17H19BrN2O3S/c1-2-19-17(21)13-20(12-14-6-4-3-5-7-14)24(22,23)16-10-8-15(18)9-11-16/h3-11H,2,12-13H2,1H3,(H,19,21). The van der Waals surface area contributed by atoms with Crippen LogP contribution in [0.3, 0.4) is 0 Å². The molecule has 0 fully saturated rings. The quantitative estimate of drug-likeness (QED) is 0.762. The average Bonchev–Trinajstić information content (AvgIpc) is 2.56. The number of carbonyl (C=O) groups excluding carboxylic acids is 1. The Morgan fingerprint density at radius 1 is 1.08 bits per heavy atom. The van der Waals surface area contributed by atoms with E-state index in [9.17, 15) is 13.2 Å². The summed E-state index contributed by atoms with van der Waals surface area (Å²) in [6, 6.07) is 15.6. The van der Waals surface area contributed by atoms with Gasteiger partial charge in [-0.3, -0.25) is 4.79 Å². The molecule has 0 saturated heterocycles. The molecule has 2 rings (SSSR count). The molecule has 0 aliphatic rings. The first kappa shape index (κ1) is 18.6. The van der Waals surface area contributed by atoms with Gasteiger partial charge in [0.15, 0.2) is 0 Å². The van der Waals surface area contributed by atoms with Crippen LogP contribution in [0.25, 0.3) is 0 Å². The van der Waals surface area contributed by atoms with E-state index in [4.69, 9.17) is 0 Å². The van der Waals surface area contributed by atoms with Crippen molar-refractivity contribution < 1.29 is 13.2 Å². The summed E-state index contributed by atoms with van der Waals surface area (Å²) in [4.78, 5) is 12.1. The number of halogens is 1. The molecule has 2 aromatic carbocycles. The number of likely N-dealkylation sites (N-methyl/N-ethyl adjacent to an activating group) is 1. The van der Waals surface area contributed by atoms with Crippen molar-refractivity contribution in [3.8, 4) is 0 Å². The fraction of sp³-hybridized carbons (Fsp3) is 0.235. The van der Waals surface area contributed by atoms with Crippen molar-refractivity contribution >= 4 is 31.9 Å². The fourth-order valence-electron chi connectivity index (χ4n) is 2.18. The number of carbonyl (C=O) groups is 1. The third-order valence-corrected chi connectivity index (χ3v) is 5.68. The van der Waals surface area contributed by atoms with Crippen molar-refractivity contribution in [1.82, 2.24) is 9.62 Å². The third-order valence-electron chi connectivity index (χ3n) is 3.35. The molecule has 0 heterocycles. The largest absolute Gasteiger partial charge is 0.355 e. The molecule has 24 heavy (non-hydrogen) atoms. The summed E-state index contributed by atoms with van der Waals surface area (Å²) in [6.45, 7) is 2.16. The van der Waals surface area contributed by atoms with Gasteiger partial charge in [0.05, 0.1) is 11.4 Å². The van der Waals surface area contributed by atoms with E-state index in [1.165, 1.54) is 16.4 Å². The topological polar surface area (TPSA) is 66.5 Å². The average molecular weight is 411 g/mol. The van der Waals surface area contributed by atoms with E-state index >= 15 is 0 Å². The summed E-state index contributed by atoms with van der Waals surface area (Å²) in [5, 5.41) is 2.64. The van der Waals surface area contributed by atoms with Crippen LogP contribution in [0, 0.1) is 0 Å². The molecule has 1 N–H and O–H groups in total. The highest BCUT2D eigenvalue weighted by molar-refractivity contribution is 9.10. The van der Waals surface area contributed by atoms with Crippen LogP contribution in [0.15, 0.2) is 64.0 Å². The van der Waals surface area contributed by atoms with Crippen LogP contribution in [-0.2, 0) is 21.4 Å². The van der Waals surface area contributed by atoms with Crippen LogP contribution in [0.1, 0.15) is 12.5 Å². The van der Waals surface area contributed by atoms with Gasteiger partial charge in [-0.2, -0.15) is 4.31 Å². The first-order valence-electron chi connectivity index (χ1n) is 7.50. The molecule has 0 atom stereocenters. The maximum absolute atomic E-state index is 12.9. The Morgan fingerprint density at radius 2 is 1.71 bits per heavy atom. The molecule has 0 spiro atoms. The van der Waals surface area contributed by atoms with Crippen molar-refractivity contribution in [3.63, 3.8) is 0 Å². The normalized spacial score (nSPS) is 11.5. The smallest absolute Gasteiger partial charge is 0.243 e. The Balaban J connectivity index is 2.32. The van der Waals surface area contributed by atoms with Gasteiger partial charge in [-0.05, 0) is 36.8 Å². The van der Waals surface area contributed by atoms with Gasteiger partial charge in [0, 0.05) is 17.6 Å². The molecule has 2 aromatic rings. The number of hydrogen-bond donors (Lipinski definition) is 1. The molecule has 0 bridgehead atoms. The van der Waals surface area contributed by atoms with Crippen LogP contribution in [0.5, 0.6) is 0 Å². The first-order valence-corrected chi connectivity index (χ1v) is 9.73. The molecule has 0 unspecified atom stereocenters. The van der Waals surface area contributed by atoms with Crippen LogP contribution in [-0.4, -0.2) is 31.7 Å². The van der Waals surface area contributed by atoms with Gasteiger partial charge in [-0.1, -0.05) is 46.3 Å². The summed E-state index contributed by atoms with van der Waals surface area (Å²) >= 11 is 3.29. The van der Waals surface area contributed by atoms with E-state index in [0.29, 0.717) is 6.54 Å². The third kappa shape index (κ3) is 4.90. The van der Waals surface area contributed by atoms with Crippen molar-refractivity contribution in [2.45, 2.75) is 18.4 Å². The number of rotatable bonds is 7. The summed E-state index contributed by atoms with van der Waals surface area (Å²) < 4.78 is 27.8. The van der Waals surface area contributed by atoms with Crippen LogP contribution < -0.4 is 5.32 Å². The second kappa shape index (κ2) is 8.41. The monoisotopic (exact) mass is 410 g/mol. The van der Waals surface area contributed by atoms with Gasteiger partial charge in [0.1, 0.15) is 0 Å². The zero-order valence-corrected chi connectivity index (χ0v) is 15.7. The molecule has 0 aromatic heterocycles. The van der Waals surface area contributed by atoms with E-state index in [1.807, 2.05) is 30.3 Å². The molecule has 7 heteroatoms. The number of benzene rings is 2. The van der Waals surface area contributed by atoms with Gasteiger partial charge >= 0.3 is 0 Å². The van der Waals surface area contributed by atoms with Crippen LogP contribution >= 0.6 is 15.9 Å². The minimum Gasteiger partial charge on any atom is -0.355 e. The molecule has 1 amide bonds. The fourth-order valence-corrected chi connectivity index (χ4v) is 3.83. The van der Waals surface area contributed by atoms with Crippen molar-refractivity contribution in [3.05, 3.63) is 64.6 Å². The summed E-state index contributed by atoms with van der Waals surface area (Å²) in [5.41, 5.74) is 0.822. The number of hydrogen-bond acceptors (Lipinski definition) is 3. The molecule has 0 saturated carbocycles. The minimum atomic E-state index is -3.78. The zero-order chi connectivity index (χ0) is 17.6. The molecule has 0 radical (unpaired) electrons. The molecule has 128 valence electrons. The molecule has 0 aliphatic heterocycles. The highest BCUT2D eigenvalue weighted by Crippen LogP contribution is 2.20.